The highest BCUT2D eigenvalue weighted by Gasteiger charge is 2.46. The number of rotatable bonds is 4. The number of sulfone groups is 1. The van der Waals surface area contributed by atoms with Gasteiger partial charge in [-0.05, 0) is 41.3 Å². The molecular formula is C15H15F3O2S. The zero-order valence-electron chi connectivity index (χ0n) is 11.4. The molecule has 0 aliphatic heterocycles. The Morgan fingerprint density at radius 3 is 2.24 bits per heavy atom. The molecule has 0 radical (unpaired) electrons. The molecule has 2 rings (SSSR count). The van der Waals surface area contributed by atoms with Gasteiger partial charge in [0.2, 0.25) is 0 Å². The average molecular weight is 316 g/mol. The van der Waals surface area contributed by atoms with Crippen LogP contribution in [0.1, 0.15) is 25.3 Å². The third-order valence-corrected chi connectivity index (χ3v) is 4.79. The van der Waals surface area contributed by atoms with Gasteiger partial charge in [0.05, 0.1) is 4.90 Å². The zero-order valence-corrected chi connectivity index (χ0v) is 12.3. The third kappa shape index (κ3) is 3.20. The van der Waals surface area contributed by atoms with Crippen LogP contribution in [0.5, 0.6) is 0 Å². The highest BCUT2D eigenvalue weighted by atomic mass is 32.2. The first kappa shape index (κ1) is 15.8. The summed E-state index contributed by atoms with van der Waals surface area (Å²) in [5.74, 6) is 0. The first-order chi connectivity index (χ1) is 9.75. The Kier molecular flexibility index (Phi) is 4.27. The van der Waals surface area contributed by atoms with E-state index in [2.05, 4.69) is 6.92 Å². The Bertz CT molecular complexity index is 749. The second-order valence-corrected chi connectivity index (χ2v) is 6.84. The molecule has 0 atom stereocenters. The van der Waals surface area contributed by atoms with Gasteiger partial charge in [-0.3, -0.25) is 0 Å². The Hall–Kier alpha value is -1.56. The lowest BCUT2D eigenvalue weighted by molar-refractivity contribution is -0.0435. The van der Waals surface area contributed by atoms with Gasteiger partial charge in [-0.2, -0.15) is 13.2 Å². The molecule has 114 valence electrons. The fourth-order valence-corrected chi connectivity index (χ4v) is 2.91. The van der Waals surface area contributed by atoms with Crippen LogP contribution in [0.2, 0.25) is 0 Å². The minimum Gasteiger partial charge on any atom is -0.214 e. The molecule has 0 heterocycles. The van der Waals surface area contributed by atoms with Crippen molar-refractivity contribution in [2.45, 2.75) is 36.6 Å². The van der Waals surface area contributed by atoms with E-state index >= 15 is 0 Å². The van der Waals surface area contributed by atoms with Gasteiger partial charge in [-0.25, -0.2) is 8.42 Å². The van der Waals surface area contributed by atoms with E-state index in [1.165, 1.54) is 6.07 Å². The molecule has 0 N–H and O–H groups in total. The van der Waals surface area contributed by atoms with Crippen LogP contribution < -0.4 is 0 Å². The van der Waals surface area contributed by atoms with Crippen LogP contribution in [0, 0.1) is 0 Å². The Balaban J connectivity index is 2.44. The maximum absolute atomic E-state index is 12.5. The van der Waals surface area contributed by atoms with Gasteiger partial charge in [-0.1, -0.05) is 37.6 Å². The maximum Gasteiger partial charge on any atom is 0.501 e. The van der Waals surface area contributed by atoms with Crippen LogP contribution in [-0.4, -0.2) is 13.9 Å². The Labute approximate surface area is 121 Å². The van der Waals surface area contributed by atoms with Gasteiger partial charge in [-0.15, -0.1) is 0 Å². The van der Waals surface area contributed by atoms with Gasteiger partial charge < -0.3 is 0 Å². The Morgan fingerprint density at radius 2 is 1.62 bits per heavy atom. The van der Waals surface area contributed by atoms with E-state index in [-0.39, 0.29) is 0 Å². The molecule has 6 heteroatoms. The molecule has 21 heavy (non-hydrogen) atoms. The predicted molar refractivity (Wildman–Crippen MR) is 75.8 cm³/mol. The van der Waals surface area contributed by atoms with Gasteiger partial charge in [0.25, 0.3) is 9.84 Å². The molecule has 0 aliphatic carbocycles. The van der Waals surface area contributed by atoms with E-state index in [9.17, 15) is 21.6 Å². The monoisotopic (exact) mass is 316 g/mol. The van der Waals surface area contributed by atoms with Gasteiger partial charge >= 0.3 is 5.51 Å². The van der Waals surface area contributed by atoms with Crippen molar-refractivity contribution in [2.75, 3.05) is 0 Å². The van der Waals surface area contributed by atoms with Crippen molar-refractivity contribution in [2.24, 2.45) is 0 Å². The standard InChI is InChI=1S/C15H15F3O2S/c1-2-3-4-11-5-6-13-10-14(8-7-12(13)9-11)21(19,20)15(16,17)18/h5-10H,2-4H2,1H3. The quantitative estimate of drug-likeness (QED) is 0.833. The number of hydrogen-bond acceptors (Lipinski definition) is 2. The number of halogens is 3. The number of benzene rings is 2. The molecule has 2 aromatic carbocycles. The zero-order chi connectivity index (χ0) is 15.7. The molecule has 0 fully saturated rings. The number of fused-ring (bicyclic) bond motifs is 1. The lowest BCUT2D eigenvalue weighted by Gasteiger charge is -2.09. The van der Waals surface area contributed by atoms with Crippen molar-refractivity contribution in [1.82, 2.24) is 0 Å². The molecule has 2 nitrogen and oxygen atoms in total. The van der Waals surface area contributed by atoms with E-state index in [0.29, 0.717) is 5.39 Å². The normalized spacial score (nSPS) is 12.8. The molecule has 0 spiro atoms. The molecular weight excluding hydrogens is 301 g/mol. The second kappa shape index (κ2) is 5.67. The molecule has 0 saturated carbocycles. The molecule has 0 unspecified atom stereocenters. The smallest absolute Gasteiger partial charge is 0.214 e. The summed E-state index contributed by atoms with van der Waals surface area (Å²) in [7, 11) is -5.29. The van der Waals surface area contributed by atoms with E-state index in [1.54, 1.807) is 6.07 Å². The van der Waals surface area contributed by atoms with Crippen LogP contribution in [0.3, 0.4) is 0 Å². The summed E-state index contributed by atoms with van der Waals surface area (Å²) < 4.78 is 60.4. The van der Waals surface area contributed by atoms with Crippen molar-refractivity contribution in [3.63, 3.8) is 0 Å². The van der Waals surface area contributed by atoms with Crippen LogP contribution in [0.15, 0.2) is 41.3 Å². The van der Waals surface area contributed by atoms with Crippen molar-refractivity contribution in [3.05, 3.63) is 42.0 Å². The summed E-state index contributed by atoms with van der Waals surface area (Å²) >= 11 is 0. The number of hydrogen-bond donors (Lipinski definition) is 0. The predicted octanol–water partition coefficient (Wildman–Crippen LogP) is 4.48. The van der Waals surface area contributed by atoms with Crippen molar-refractivity contribution < 1.29 is 21.6 Å². The second-order valence-electron chi connectivity index (χ2n) is 4.90. The van der Waals surface area contributed by atoms with E-state index in [4.69, 9.17) is 0 Å². The van der Waals surface area contributed by atoms with Gasteiger partial charge in [0, 0.05) is 0 Å². The van der Waals surface area contributed by atoms with Gasteiger partial charge in [0.1, 0.15) is 0 Å². The summed E-state index contributed by atoms with van der Waals surface area (Å²) in [4.78, 5) is -0.719. The van der Waals surface area contributed by atoms with E-state index in [1.807, 2.05) is 12.1 Å². The molecule has 0 aliphatic rings. The SMILES string of the molecule is CCCCc1ccc2cc(S(=O)(=O)C(F)(F)F)ccc2c1. The summed E-state index contributed by atoms with van der Waals surface area (Å²) in [6.07, 6.45) is 2.99. The summed E-state index contributed by atoms with van der Waals surface area (Å²) in [5, 5.41) is 1.23. The lowest BCUT2D eigenvalue weighted by atomic mass is 10.0. The summed E-state index contributed by atoms with van der Waals surface area (Å²) in [6, 6.07) is 8.87. The highest BCUT2D eigenvalue weighted by molar-refractivity contribution is 7.92. The Morgan fingerprint density at radius 1 is 1.00 bits per heavy atom. The van der Waals surface area contributed by atoms with E-state index < -0.39 is 20.2 Å². The number of unbranched alkanes of at least 4 members (excludes halogenated alkanes) is 1. The summed E-state index contributed by atoms with van der Waals surface area (Å²) in [6.45, 7) is 2.08. The van der Waals surface area contributed by atoms with Crippen LogP contribution >= 0.6 is 0 Å². The molecule has 0 amide bonds. The molecule has 2 aromatic rings. The largest absolute Gasteiger partial charge is 0.501 e. The van der Waals surface area contributed by atoms with Crippen molar-refractivity contribution >= 4 is 20.6 Å². The van der Waals surface area contributed by atoms with Crippen LogP contribution in [0.4, 0.5) is 13.2 Å². The molecule has 0 saturated heterocycles. The number of aryl methyl sites for hydroxylation is 1. The minimum absolute atomic E-state index is 0.487. The molecule has 0 aromatic heterocycles. The highest BCUT2D eigenvalue weighted by Crippen LogP contribution is 2.32. The van der Waals surface area contributed by atoms with Crippen molar-refractivity contribution in [3.8, 4) is 0 Å². The first-order valence-electron chi connectivity index (χ1n) is 6.60. The average Bonchev–Trinajstić information content (AvgIpc) is 2.43. The fourth-order valence-electron chi connectivity index (χ4n) is 2.11. The lowest BCUT2D eigenvalue weighted by Crippen LogP contribution is -2.23. The maximum atomic E-state index is 12.5. The van der Waals surface area contributed by atoms with Crippen molar-refractivity contribution in [1.29, 1.82) is 0 Å². The minimum atomic E-state index is -5.29. The third-order valence-electron chi connectivity index (χ3n) is 3.31. The van der Waals surface area contributed by atoms with Crippen LogP contribution in [-0.2, 0) is 16.3 Å². The number of alkyl halides is 3. The van der Waals surface area contributed by atoms with E-state index in [0.717, 1.165) is 42.3 Å². The van der Waals surface area contributed by atoms with Gasteiger partial charge in [0.15, 0.2) is 0 Å². The topological polar surface area (TPSA) is 34.1 Å². The summed E-state index contributed by atoms with van der Waals surface area (Å²) in [5.41, 5.74) is -4.18. The van der Waals surface area contributed by atoms with Crippen LogP contribution in [0.25, 0.3) is 10.8 Å². The first-order valence-corrected chi connectivity index (χ1v) is 8.08. The molecule has 0 bridgehead atoms. The fraction of sp³-hybridized carbons (Fsp3) is 0.333.